The van der Waals surface area contributed by atoms with Gasteiger partial charge in [-0.05, 0) is 109 Å². The van der Waals surface area contributed by atoms with E-state index < -0.39 is 28.0 Å². The molecular formula is C45H60FNO7S. The van der Waals surface area contributed by atoms with E-state index in [0.717, 1.165) is 23.2 Å². The van der Waals surface area contributed by atoms with Crippen LogP contribution in [0.2, 0.25) is 0 Å². The van der Waals surface area contributed by atoms with Crippen LogP contribution in [0.3, 0.4) is 0 Å². The van der Waals surface area contributed by atoms with Crippen LogP contribution >= 0.6 is 0 Å². The van der Waals surface area contributed by atoms with E-state index in [1.165, 1.54) is 12.1 Å². The number of amides is 1. The van der Waals surface area contributed by atoms with Crippen LogP contribution in [-0.4, -0.2) is 55.9 Å². The Morgan fingerprint density at radius 3 is 2.11 bits per heavy atom. The van der Waals surface area contributed by atoms with Crippen molar-refractivity contribution in [1.82, 2.24) is 0 Å². The Morgan fingerprint density at radius 1 is 0.818 bits per heavy atom. The number of aliphatic hydroxyl groups is 1. The van der Waals surface area contributed by atoms with Crippen molar-refractivity contribution in [1.29, 1.82) is 0 Å². The Bertz CT molecular complexity index is 1870. The van der Waals surface area contributed by atoms with Crippen molar-refractivity contribution in [3.63, 3.8) is 0 Å². The SMILES string of the molecule is CCC1O[C@@H](O[C@@H]2C(CC)O[C@@H](CS(=O)(=O)c3ccc([C@@H]4[C@@H](CC[C@H](O)c5ccc(F)cc5)C(=O)N4c4ccccc4)c(C)c3)C(C)[C@H]2C)C(C)[C@@H](C)[C@@H]1C. The minimum Gasteiger partial charge on any atom is -0.388 e. The van der Waals surface area contributed by atoms with Gasteiger partial charge in [0, 0.05) is 11.6 Å². The second kappa shape index (κ2) is 17.1. The molecule has 55 heavy (non-hydrogen) atoms. The van der Waals surface area contributed by atoms with Crippen LogP contribution in [0, 0.1) is 48.2 Å². The van der Waals surface area contributed by atoms with Gasteiger partial charge in [0.15, 0.2) is 16.1 Å². The minimum absolute atomic E-state index is 0.0483. The van der Waals surface area contributed by atoms with Gasteiger partial charge in [-0.2, -0.15) is 0 Å². The highest BCUT2D eigenvalue weighted by Crippen LogP contribution is 2.48. The smallest absolute Gasteiger partial charge is 0.233 e. The second-order valence-electron chi connectivity index (χ2n) is 16.5. The van der Waals surface area contributed by atoms with Gasteiger partial charge in [0.25, 0.3) is 0 Å². The number of carbonyl (C=O) groups is 1. The van der Waals surface area contributed by atoms with Gasteiger partial charge in [-0.15, -0.1) is 0 Å². The molecule has 6 rings (SSSR count). The van der Waals surface area contributed by atoms with Crippen LogP contribution < -0.4 is 4.90 Å². The number of hydrogen-bond donors (Lipinski definition) is 1. The quantitative estimate of drug-likeness (QED) is 0.173. The molecule has 3 saturated heterocycles. The molecule has 0 aromatic heterocycles. The van der Waals surface area contributed by atoms with Crippen molar-refractivity contribution < 1.29 is 36.9 Å². The molecule has 3 aliphatic heterocycles. The Labute approximate surface area is 327 Å². The third-order valence-corrected chi connectivity index (χ3v) is 15.0. The van der Waals surface area contributed by atoms with Crippen molar-refractivity contribution in [2.75, 3.05) is 10.7 Å². The number of benzene rings is 3. The maximum absolute atomic E-state index is 14.1. The number of sulfone groups is 1. The third kappa shape index (κ3) is 8.45. The van der Waals surface area contributed by atoms with Gasteiger partial charge < -0.3 is 24.2 Å². The number of rotatable bonds is 13. The molecule has 0 saturated carbocycles. The molecule has 0 spiro atoms. The molecule has 3 aromatic rings. The predicted octanol–water partition coefficient (Wildman–Crippen LogP) is 9.00. The fraction of sp³-hybridized carbons (Fsp3) is 0.578. The van der Waals surface area contributed by atoms with Crippen molar-refractivity contribution >= 4 is 21.4 Å². The monoisotopic (exact) mass is 777 g/mol. The van der Waals surface area contributed by atoms with Crippen molar-refractivity contribution in [3.8, 4) is 0 Å². The number of ether oxygens (including phenoxy) is 3. The van der Waals surface area contributed by atoms with E-state index >= 15 is 0 Å². The molecule has 300 valence electrons. The number of aryl methyl sites for hydroxylation is 1. The van der Waals surface area contributed by atoms with Gasteiger partial charge >= 0.3 is 0 Å². The Hall–Kier alpha value is -3.15. The molecule has 3 aromatic carbocycles. The van der Waals surface area contributed by atoms with Crippen molar-refractivity contribution in [3.05, 3.63) is 95.3 Å². The number of halogens is 1. The van der Waals surface area contributed by atoms with E-state index in [1.807, 2.05) is 43.3 Å². The summed E-state index contributed by atoms with van der Waals surface area (Å²) >= 11 is 0. The van der Waals surface area contributed by atoms with E-state index in [4.69, 9.17) is 14.2 Å². The predicted molar refractivity (Wildman–Crippen MR) is 213 cm³/mol. The van der Waals surface area contributed by atoms with Gasteiger partial charge in [0.2, 0.25) is 5.91 Å². The van der Waals surface area contributed by atoms with Crippen LogP contribution in [-0.2, 0) is 28.8 Å². The first-order chi connectivity index (χ1) is 26.2. The van der Waals surface area contributed by atoms with Crippen molar-refractivity contribution in [2.24, 2.45) is 35.5 Å². The fourth-order valence-electron chi connectivity index (χ4n) is 9.13. The van der Waals surface area contributed by atoms with E-state index in [0.29, 0.717) is 36.7 Å². The normalized spacial score (nSPS) is 33.3. The summed E-state index contributed by atoms with van der Waals surface area (Å²) in [4.78, 5) is 15.7. The van der Waals surface area contributed by atoms with Crippen LogP contribution in [0.5, 0.6) is 0 Å². The number of carbonyl (C=O) groups excluding carboxylic acids is 1. The molecule has 3 fully saturated rings. The zero-order valence-corrected chi connectivity index (χ0v) is 34.4. The molecule has 4 unspecified atom stereocenters. The summed E-state index contributed by atoms with van der Waals surface area (Å²) in [5, 5.41) is 10.9. The standard InChI is InChI=1S/C45H60FNO7S/c1-9-39-28(5)27(4)31(8)45(53-39)54-43-30(7)29(6)41(52-40(43)10-2)25-55(50,51)35-20-21-36(26(3)24-35)42-37(44(49)47(42)34-14-12-11-13-15-34)22-23-38(48)32-16-18-33(46)19-17-32/h11-21,24,27-31,37-43,45,48H,9-10,22-23,25H2,1-8H3/t27-,28-,29?,30+,31?,37+,38-,39?,40?,41-,42+,43-,45-/m0/s1. The van der Waals surface area contributed by atoms with Crippen LogP contribution in [0.4, 0.5) is 10.1 Å². The zero-order chi connectivity index (χ0) is 39.8. The number of anilines is 1. The molecule has 1 amide bonds. The van der Waals surface area contributed by atoms with Crippen LogP contribution in [0.25, 0.3) is 0 Å². The van der Waals surface area contributed by atoms with Gasteiger partial charge in [0.1, 0.15) is 5.82 Å². The number of para-hydroxylation sites is 1. The Kier molecular flexibility index (Phi) is 12.9. The molecular weight excluding hydrogens is 718 g/mol. The molecule has 1 N–H and O–H groups in total. The second-order valence-corrected chi connectivity index (χ2v) is 18.5. The van der Waals surface area contributed by atoms with Crippen LogP contribution in [0.15, 0.2) is 77.7 Å². The molecule has 8 nitrogen and oxygen atoms in total. The molecule has 13 atom stereocenters. The molecule has 3 heterocycles. The molecule has 0 radical (unpaired) electrons. The Balaban J connectivity index is 1.18. The number of nitrogens with zero attached hydrogens (tertiary/aromatic N) is 1. The molecule has 0 aliphatic carbocycles. The van der Waals surface area contributed by atoms with E-state index in [9.17, 15) is 22.7 Å². The highest BCUT2D eigenvalue weighted by molar-refractivity contribution is 7.91. The first-order valence-corrected chi connectivity index (χ1v) is 21.9. The molecule has 0 bridgehead atoms. The summed E-state index contributed by atoms with van der Waals surface area (Å²) in [6.45, 7) is 17.0. The summed E-state index contributed by atoms with van der Waals surface area (Å²) in [7, 11) is -3.76. The highest BCUT2D eigenvalue weighted by Gasteiger charge is 2.50. The summed E-state index contributed by atoms with van der Waals surface area (Å²) in [6, 6.07) is 20.1. The largest absolute Gasteiger partial charge is 0.388 e. The number of β-lactam (4-membered cyclic amide) rings is 1. The maximum Gasteiger partial charge on any atom is 0.233 e. The summed E-state index contributed by atoms with van der Waals surface area (Å²) < 4.78 is 61.6. The van der Waals surface area contributed by atoms with E-state index in [1.54, 1.807) is 29.2 Å². The third-order valence-electron chi connectivity index (χ3n) is 13.3. The van der Waals surface area contributed by atoms with E-state index in [2.05, 4.69) is 48.5 Å². The average molecular weight is 778 g/mol. The minimum atomic E-state index is -3.76. The average Bonchev–Trinajstić information content (AvgIpc) is 3.17. The van der Waals surface area contributed by atoms with E-state index in [-0.39, 0.29) is 70.8 Å². The summed E-state index contributed by atoms with van der Waals surface area (Å²) in [5.41, 5.74) is 2.98. The lowest BCUT2D eigenvalue weighted by Gasteiger charge is -2.49. The zero-order valence-electron chi connectivity index (χ0n) is 33.6. The number of hydrogen-bond acceptors (Lipinski definition) is 7. The first-order valence-electron chi connectivity index (χ1n) is 20.3. The number of aliphatic hydroxyl groups excluding tert-OH is 1. The summed E-state index contributed by atoms with van der Waals surface area (Å²) in [5.74, 6) is 0.0958. The van der Waals surface area contributed by atoms with Crippen LogP contribution in [0.1, 0.15) is 103 Å². The lowest BCUT2D eigenvalue weighted by Crippen LogP contribution is -2.55. The van der Waals surface area contributed by atoms with Gasteiger partial charge in [-0.1, -0.05) is 84.9 Å². The lowest BCUT2D eigenvalue weighted by atomic mass is 9.77. The molecule has 10 heteroatoms. The summed E-state index contributed by atoms with van der Waals surface area (Å²) in [6.07, 6.45) is 0.316. The van der Waals surface area contributed by atoms with Gasteiger partial charge in [-0.3, -0.25) is 4.79 Å². The first kappa shape index (κ1) is 41.5. The molecule has 3 aliphatic rings. The maximum atomic E-state index is 14.1. The Morgan fingerprint density at radius 2 is 1.47 bits per heavy atom. The van der Waals surface area contributed by atoms with Gasteiger partial charge in [-0.25, -0.2) is 12.8 Å². The van der Waals surface area contributed by atoms with Gasteiger partial charge in [0.05, 0.1) is 53.1 Å². The topological polar surface area (TPSA) is 102 Å². The fourth-order valence-corrected chi connectivity index (χ4v) is 10.8. The highest BCUT2D eigenvalue weighted by atomic mass is 32.2. The van der Waals surface area contributed by atoms with Crippen molar-refractivity contribution in [2.45, 2.75) is 129 Å². The lowest BCUT2D eigenvalue weighted by molar-refractivity contribution is -0.299.